The van der Waals surface area contributed by atoms with E-state index in [0.29, 0.717) is 0 Å². The highest BCUT2D eigenvalue weighted by atomic mass is 19.2. The number of halogens is 2. The largest absolute Gasteiger partial charge is 0.494 e. The maximum Gasteiger partial charge on any atom is 0.257 e. The maximum atomic E-state index is 14.0. The molecule has 21 heavy (non-hydrogen) atoms. The molecule has 0 aromatic heterocycles. The van der Waals surface area contributed by atoms with Gasteiger partial charge in [0.05, 0.1) is 24.8 Å². The van der Waals surface area contributed by atoms with Crippen LogP contribution in [0, 0.1) is 17.0 Å². The fraction of sp³-hybridized carbons (Fsp3) is 0.533. The summed E-state index contributed by atoms with van der Waals surface area (Å²) in [6.07, 6.45) is 0. The van der Waals surface area contributed by atoms with Crippen molar-refractivity contribution < 1.29 is 23.4 Å². The first-order chi connectivity index (χ1) is 9.60. The summed E-state index contributed by atoms with van der Waals surface area (Å²) in [5.74, 6) is -3.31. The van der Waals surface area contributed by atoms with E-state index in [-0.39, 0.29) is 24.4 Å². The van der Waals surface area contributed by atoms with Crippen molar-refractivity contribution in [2.75, 3.05) is 20.2 Å². The summed E-state index contributed by atoms with van der Waals surface area (Å²) < 4.78 is 32.3. The monoisotopic (exact) mass is 299 g/mol. The fourth-order valence-corrected chi connectivity index (χ4v) is 2.46. The maximum absolute atomic E-state index is 14.0. The molecule has 1 aromatic rings. The zero-order chi connectivity index (χ0) is 16.0. The normalized spacial score (nSPS) is 24.2. The van der Waals surface area contributed by atoms with E-state index < -0.39 is 28.6 Å². The number of amides is 1. The van der Waals surface area contributed by atoms with Crippen LogP contribution in [-0.2, 0) is 0 Å². The number of aliphatic hydroxyl groups is 1. The second-order valence-electron chi connectivity index (χ2n) is 6.26. The highest BCUT2D eigenvalue weighted by Crippen LogP contribution is 2.39. The molecule has 1 fully saturated rings. The highest BCUT2D eigenvalue weighted by molar-refractivity contribution is 5.95. The Morgan fingerprint density at radius 3 is 2.33 bits per heavy atom. The molecule has 1 amide bonds. The molecule has 116 valence electrons. The van der Waals surface area contributed by atoms with E-state index in [1.54, 1.807) is 6.92 Å². The molecule has 1 aliphatic heterocycles. The SMILES string of the molecule is COc1ccc(C(=O)N2CC(C)(C)[C@](C)(O)C2)c(F)c1F. The Morgan fingerprint density at radius 1 is 1.24 bits per heavy atom. The Bertz CT molecular complexity index is 569. The number of hydrogen-bond acceptors (Lipinski definition) is 3. The van der Waals surface area contributed by atoms with Crippen LogP contribution in [0.3, 0.4) is 0 Å². The van der Waals surface area contributed by atoms with E-state index in [1.165, 1.54) is 24.1 Å². The molecule has 0 aliphatic carbocycles. The fourth-order valence-electron chi connectivity index (χ4n) is 2.46. The number of methoxy groups -OCH3 is 1. The lowest BCUT2D eigenvalue weighted by Gasteiger charge is -2.30. The second kappa shape index (κ2) is 4.94. The van der Waals surface area contributed by atoms with E-state index in [9.17, 15) is 18.7 Å². The number of ether oxygens (including phenoxy) is 1. The molecule has 2 rings (SSSR count). The van der Waals surface area contributed by atoms with Gasteiger partial charge in [-0.2, -0.15) is 4.39 Å². The lowest BCUT2D eigenvalue weighted by molar-refractivity contribution is -0.0108. The van der Waals surface area contributed by atoms with Gasteiger partial charge in [0.15, 0.2) is 11.6 Å². The van der Waals surface area contributed by atoms with Crippen molar-refractivity contribution in [1.29, 1.82) is 0 Å². The Kier molecular flexibility index (Phi) is 3.70. The zero-order valence-corrected chi connectivity index (χ0v) is 12.5. The van der Waals surface area contributed by atoms with Gasteiger partial charge in [0.2, 0.25) is 5.82 Å². The minimum Gasteiger partial charge on any atom is -0.494 e. The van der Waals surface area contributed by atoms with Crippen LogP contribution in [0.1, 0.15) is 31.1 Å². The predicted molar refractivity (Wildman–Crippen MR) is 73.2 cm³/mol. The van der Waals surface area contributed by atoms with Gasteiger partial charge in [-0.3, -0.25) is 4.79 Å². The molecule has 0 spiro atoms. The number of benzene rings is 1. The topological polar surface area (TPSA) is 49.8 Å². The van der Waals surface area contributed by atoms with Gasteiger partial charge in [-0.15, -0.1) is 0 Å². The molecule has 1 heterocycles. The Morgan fingerprint density at radius 2 is 1.86 bits per heavy atom. The zero-order valence-electron chi connectivity index (χ0n) is 12.5. The quantitative estimate of drug-likeness (QED) is 0.911. The van der Waals surface area contributed by atoms with Gasteiger partial charge in [0.1, 0.15) is 0 Å². The minimum atomic E-state index is -1.23. The standard InChI is InChI=1S/C15H19F2NO3/c1-14(2)7-18(8-15(14,3)20)13(19)9-5-6-10(21-4)12(17)11(9)16/h5-6,20H,7-8H2,1-4H3/t15-/m1/s1. The molecule has 0 unspecified atom stereocenters. The van der Waals surface area contributed by atoms with E-state index in [0.717, 1.165) is 0 Å². The van der Waals surface area contributed by atoms with Crippen molar-refractivity contribution in [1.82, 2.24) is 4.90 Å². The smallest absolute Gasteiger partial charge is 0.257 e. The molecule has 1 atom stereocenters. The van der Waals surface area contributed by atoms with Gasteiger partial charge in [-0.05, 0) is 19.1 Å². The summed E-state index contributed by atoms with van der Waals surface area (Å²) in [6.45, 7) is 5.62. The van der Waals surface area contributed by atoms with Gasteiger partial charge in [0.25, 0.3) is 5.91 Å². The number of β-amino-alcohol motifs (C(OH)–C–C–N with tert-alkyl or cyclic N) is 1. The number of nitrogens with zero attached hydrogens (tertiary/aromatic N) is 1. The third kappa shape index (κ3) is 2.48. The van der Waals surface area contributed by atoms with E-state index in [1.807, 2.05) is 13.8 Å². The Labute approximate surface area is 122 Å². The van der Waals surface area contributed by atoms with E-state index in [2.05, 4.69) is 4.74 Å². The van der Waals surface area contributed by atoms with Gasteiger partial charge >= 0.3 is 0 Å². The van der Waals surface area contributed by atoms with E-state index >= 15 is 0 Å². The number of rotatable bonds is 2. The van der Waals surface area contributed by atoms with Crippen molar-refractivity contribution >= 4 is 5.91 Å². The van der Waals surface area contributed by atoms with Gasteiger partial charge < -0.3 is 14.7 Å². The van der Waals surface area contributed by atoms with Crippen LogP contribution < -0.4 is 4.74 Å². The highest BCUT2D eigenvalue weighted by Gasteiger charge is 2.49. The number of carbonyl (C=O) groups is 1. The van der Waals surface area contributed by atoms with Crippen molar-refractivity contribution in [3.8, 4) is 5.75 Å². The first kappa shape index (κ1) is 15.7. The molecule has 0 bridgehead atoms. The Hall–Kier alpha value is -1.69. The van der Waals surface area contributed by atoms with Gasteiger partial charge in [-0.1, -0.05) is 13.8 Å². The van der Waals surface area contributed by atoms with Crippen LogP contribution in [0.4, 0.5) is 8.78 Å². The van der Waals surface area contributed by atoms with Crippen molar-refractivity contribution in [2.24, 2.45) is 5.41 Å². The molecule has 1 aromatic carbocycles. The molecule has 1 N–H and O–H groups in total. The summed E-state index contributed by atoms with van der Waals surface area (Å²) in [5.41, 5.74) is -1.96. The summed E-state index contributed by atoms with van der Waals surface area (Å²) >= 11 is 0. The minimum absolute atomic E-state index is 0.0753. The van der Waals surface area contributed by atoms with Crippen LogP contribution in [0.2, 0.25) is 0 Å². The van der Waals surface area contributed by atoms with E-state index in [4.69, 9.17) is 0 Å². The first-order valence-electron chi connectivity index (χ1n) is 6.64. The summed E-state index contributed by atoms with van der Waals surface area (Å²) in [7, 11) is 1.22. The average molecular weight is 299 g/mol. The first-order valence-corrected chi connectivity index (χ1v) is 6.64. The van der Waals surface area contributed by atoms with Gasteiger partial charge in [-0.25, -0.2) is 4.39 Å². The predicted octanol–water partition coefficient (Wildman–Crippen LogP) is 2.21. The third-order valence-corrected chi connectivity index (χ3v) is 4.33. The molecular weight excluding hydrogens is 280 g/mol. The van der Waals surface area contributed by atoms with Crippen molar-refractivity contribution in [3.05, 3.63) is 29.3 Å². The van der Waals surface area contributed by atoms with Crippen molar-refractivity contribution in [2.45, 2.75) is 26.4 Å². The number of carbonyl (C=O) groups excluding carboxylic acids is 1. The van der Waals surface area contributed by atoms with Crippen LogP contribution in [0.15, 0.2) is 12.1 Å². The summed E-state index contributed by atoms with van der Waals surface area (Å²) in [4.78, 5) is 13.7. The molecule has 1 saturated heterocycles. The summed E-state index contributed by atoms with van der Waals surface area (Å²) in [6, 6.07) is 2.41. The molecule has 0 radical (unpaired) electrons. The summed E-state index contributed by atoms with van der Waals surface area (Å²) in [5, 5.41) is 10.3. The molecule has 4 nitrogen and oxygen atoms in total. The second-order valence-corrected chi connectivity index (χ2v) is 6.26. The van der Waals surface area contributed by atoms with Gasteiger partial charge in [0, 0.05) is 12.0 Å². The van der Waals surface area contributed by atoms with Crippen molar-refractivity contribution in [3.63, 3.8) is 0 Å². The Balaban J connectivity index is 2.33. The lowest BCUT2D eigenvalue weighted by atomic mass is 9.79. The van der Waals surface area contributed by atoms with Crippen LogP contribution in [0.25, 0.3) is 0 Å². The molecule has 0 saturated carbocycles. The number of hydrogen-bond donors (Lipinski definition) is 1. The molecule has 1 aliphatic rings. The van der Waals surface area contributed by atoms with Crippen LogP contribution in [0.5, 0.6) is 5.75 Å². The third-order valence-electron chi connectivity index (χ3n) is 4.33. The lowest BCUT2D eigenvalue weighted by Crippen LogP contribution is -2.40. The number of likely N-dealkylation sites (tertiary alicyclic amines) is 1. The molecule has 6 heteroatoms. The van der Waals surface area contributed by atoms with Crippen LogP contribution in [-0.4, -0.2) is 41.7 Å². The molecular formula is C15H19F2NO3. The average Bonchev–Trinajstić information content (AvgIpc) is 2.61. The van der Waals surface area contributed by atoms with Crippen LogP contribution >= 0.6 is 0 Å².